The molecular formula is H4O7PW. The molecular weight excluding hydrogens is 327 g/mol. The van der Waals surface area contributed by atoms with Crippen molar-refractivity contribution in [2.45, 2.75) is 0 Å². The normalized spacial score (nSPS) is 18.4. The molecule has 0 aliphatic heterocycles. The summed E-state index contributed by atoms with van der Waals surface area (Å²) in [6, 6.07) is 0. The van der Waals surface area contributed by atoms with E-state index < -0.39 is 20.7 Å². The minimum absolute atomic E-state index is 5.75. The molecule has 7 nitrogen and oxygen atoms in total. The molecule has 0 aromatic heterocycles. The number of hydrogen-bond acceptors (Lipinski definition) is 3. The first-order valence-electron chi connectivity index (χ1n) is 1.46. The molecule has 0 unspecified atom stereocenters. The van der Waals surface area contributed by atoms with Crippen molar-refractivity contribution in [2.24, 2.45) is 0 Å². The Kier molecular flexibility index (Phi) is 1.76. The van der Waals surface area contributed by atoms with Crippen molar-refractivity contribution >= 4 is 5.69 Å². The van der Waals surface area contributed by atoms with E-state index in [1.807, 2.05) is 0 Å². The quantitative estimate of drug-likeness (QED) is 0.420. The van der Waals surface area contributed by atoms with E-state index in [-0.39, 0.29) is 0 Å². The van der Waals surface area contributed by atoms with Gasteiger partial charge in [0.2, 0.25) is 0 Å². The fraction of sp³-hybridized carbons (Fsp3) is 0. The van der Waals surface area contributed by atoms with Crippen LogP contribution in [0.5, 0.6) is 0 Å². The molecule has 4 N–H and O–H groups in total. The SMILES string of the molecule is O=[P](O)(O)[W](=[O])(=[O])([OH])[OH]. The maximum atomic E-state index is 9.70. The zero-order valence-corrected chi connectivity index (χ0v) is 7.70. The van der Waals surface area contributed by atoms with Crippen LogP contribution in [0.2, 0.25) is 0 Å². The molecule has 0 saturated carbocycles. The second kappa shape index (κ2) is 1.69. The molecule has 57 valence electrons. The molecule has 0 bridgehead atoms. The Bertz CT molecular complexity index is 260. The molecule has 9 heteroatoms. The third-order valence-electron chi connectivity index (χ3n) is 0.407. The summed E-state index contributed by atoms with van der Waals surface area (Å²) in [5.74, 6) is 0. The van der Waals surface area contributed by atoms with E-state index in [1.165, 1.54) is 0 Å². The molecule has 0 fully saturated rings. The van der Waals surface area contributed by atoms with Crippen LogP contribution < -0.4 is 0 Å². The van der Waals surface area contributed by atoms with Gasteiger partial charge in [0.1, 0.15) is 0 Å². The average molecular weight is 331 g/mol. The van der Waals surface area contributed by atoms with Crippen molar-refractivity contribution in [2.75, 3.05) is 0 Å². The van der Waals surface area contributed by atoms with Crippen molar-refractivity contribution in [1.82, 2.24) is 0 Å². The van der Waals surface area contributed by atoms with Gasteiger partial charge in [-0.2, -0.15) is 0 Å². The first-order chi connectivity index (χ1) is 3.51. The molecule has 0 rings (SSSR count). The first kappa shape index (κ1) is 9.36. The van der Waals surface area contributed by atoms with Crippen molar-refractivity contribution in [3.63, 3.8) is 0 Å². The molecule has 0 saturated heterocycles. The van der Waals surface area contributed by atoms with Gasteiger partial charge in [-0.1, -0.05) is 0 Å². The topological polar surface area (TPSA) is 132 Å². The Morgan fingerprint density at radius 3 is 1.22 bits per heavy atom. The third kappa shape index (κ3) is 2.21. The van der Waals surface area contributed by atoms with E-state index >= 15 is 0 Å². The molecule has 0 radical (unpaired) electrons. The summed E-state index contributed by atoms with van der Waals surface area (Å²) in [5.41, 5.74) is -5.75. The summed E-state index contributed by atoms with van der Waals surface area (Å²) in [5, 5.41) is 0. The number of rotatable bonds is 1. The molecule has 0 aliphatic carbocycles. The van der Waals surface area contributed by atoms with Crippen LogP contribution in [-0.4, -0.2) is 17.3 Å². The van der Waals surface area contributed by atoms with Gasteiger partial charge >= 0.3 is 49.3 Å². The summed E-state index contributed by atoms with van der Waals surface area (Å²) in [4.78, 5) is 15.4. The van der Waals surface area contributed by atoms with Gasteiger partial charge in [0.25, 0.3) is 0 Å². The third-order valence-corrected chi connectivity index (χ3v) is 9.99. The Hall–Kier alpha value is 0.358. The second-order valence-electron chi connectivity index (χ2n) is 1.25. The van der Waals surface area contributed by atoms with Gasteiger partial charge in [-0.3, -0.25) is 0 Å². The summed E-state index contributed by atoms with van der Waals surface area (Å²) in [6.07, 6.45) is 0. The summed E-state index contributed by atoms with van der Waals surface area (Å²) >= 11 is -7.95. The van der Waals surface area contributed by atoms with Crippen LogP contribution in [0.4, 0.5) is 0 Å². The average Bonchev–Trinajstić information content (AvgIpc) is 1.20. The molecule has 0 spiro atoms. The summed E-state index contributed by atoms with van der Waals surface area (Å²) in [7, 11) is 0. The van der Waals surface area contributed by atoms with Crippen molar-refractivity contribution < 1.29 is 43.7 Å². The summed E-state index contributed by atoms with van der Waals surface area (Å²) in [6.45, 7) is 0. The maximum absolute atomic E-state index is 9.70. The summed E-state index contributed by atoms with van der Waals surface area (Å²) < 4.78 is 44.5. The predicted octanol–water partition coefficient (Wildman–Crippen LogP) is -1.73. The fourth-order valence-electron chi connectivity index (χ4n) is 0. The van der Waals surface area contributed by atoms with Crippen LogP contribution >= 0.6 is 5.69 Å². The van der Waals surface area contributed by atoms with E-state index in [0.29, 0.717) is 0 Å². The van der Waals surface area contributed by atoms with E-state index in [1.54, 1.807) is 0 Å². The van der Waals surface area contributed by atoms with Crippen molar-refractivity contribution in [3.05, 3.63) is 0 Å². The standard InChI is InChI=1S/HO3P.2H2O.2O.W/c1-4(2)3;;;;;/h(H-,1,2,3);2*1H2;;;/q;;;;;+1/p-1. The molecule has 0 aromatic carbocycles. The fourth-order valence-corrected chi connectivity index (χ4v) is 0. The minimum atomic E-state index is -7.95. The van der Waals surface area contributed by atoms with Gasteiger partial charge in [0.15, 0.2) is 0 Å². The van der Waals surface area contributed by atoms with Gasteiger partial charge < -0.3 is 0 Å². The Balaban J connectivity index is 5.36. The van der Waals surface area contributed by atoms with Gasteiger partial charge in [0, 0.05) is 0 Å². The van der Waals surface area contributed by atoms with Crippen molar-refractivity contribution in [3.8, 4) is 0 Å². The monoisotopic (exact) mass is 331 g/mol. The van der Waals surface area contributed by atoms with Crippen LogP contribution in [0.15, 0.2) is 0 Å². The van der Waals surface area contributed by atoms with E-state index in [4.69, 9.17) is 17.3 Å². The molecule has 0 atom stereocenters. The molecule has 9 heavy (non-hydrogen) atoms. The Labute approximate surface area is 49.9 Å². The van der Waals surface area contributed by atoms with Gasteiger partial charge in [-0.05, 0) is 0 Å². The predicted molar refractivity (Wildman–Crippen MR) is 17.9 cm³/mol. The van der Waals surface area contributed by atoms with Crippen molar-refractivity contribution in [1.29, 1.82) is 0 Å². The van der Waals surface area contributed by atoms with Gasteiger partial charge in [-0.25, -0.2) is 0 Å². The van der Waals surface area contributed by atoms with Crippen LogP contribution in [0, 0.1) is 0 Å². The Morgan fingerprint density at radius 2 is 1.22 bits per heavy atom. The first-order valence-corrected chi connectivity index (χ1v) is 11.9. The Morgan fingerprint density at radius 1 is 1.11 bits per heavy atom. The van der Waals surface area contributed by atoms with Crippen LogP contribution in [0.25, 0.3) is 0 Å². The van der Waals surface area contributed by atoms with Crippen LogP contribution in [0.3, 0.4) is 0 Å². The molecule has 0 aromatic rings. The number of hydrogen-bond donors (Lipinski definition) is 4. The zero-order valence-electron chi connectivity index (χ0n) is 3.87. The van der Waals surface area contributed by atoms with Gasteiger partial charge in [0.05, 0.1) is 0 Å². The molecule has 0 aliphatic rings. The van der Waals surface area contributed by atoms with Crippen LogP contribution in [-0.2, 0) is 26.3 Å². The molecule has 0 heterocycles. The second-order valence-corrected chi connectivity index (χ2v) is 17.9. The van der Waals surface area contributed by atoms with Crippen LogP contribution in [0.1, 0.15) is 0 Å². The van der Waals surface area contributed by atoms with E-state index in [0.717, 1.165) is 0 Å². The molecule has 0 amide bonds. The van der Waals surface area contributed by atoms with E-state index in [2.05, 4.69) is 0 Å². The van der Waals surface area contributed by atoms with E-state index in [9.17, 15) is 11.4 Å². The zero-order chi connectivity index (χ0) is 7.95. The van der Waals surface area contributed by atoms with Gasteiger partial charge in [-0.15, -0.1) is 0 Å².